The Balaban J connectivity index is 0.00000243. The molecular formula is C23H32ClNO. The first kappa shape index (κ1) is 21.0. The van der Waals surface area contributed by atoms with Crippen molar-refractivity contribution in [3.63, 3.8) is 0 Å². The number of rotatable bonds is 6. The zero-order valence-corrected chi connectivity index (χ0v) is 16.7. The second-order valence-electron chi connectivity index (χ2n) is 7.59. The van der Waals surface area contributed by atoms with Crippen molar-refractivity contribution in [3.8, 4) is 0 Å². The van der Waals surface area contributed by atoms with E-state index in [0.29, 0.717) is 12.1 Å². The van der Waals surface area contributed by atoms with E-state index in [2.05, 4.69) is 79.4 Å². The van der Waals surface area contributed by atoms with Gasteiger partial charge in [-0.3, -0.25) is 4.90 Å². The number of piperidine rings is 1. The molecular weight excluding hydrogens is 342 g/mol. The van der Waals surface area contributed by atoms with E-state index in [4.69, 9.17) is 0 Å². The zero-order chi connectivity index (χ0) is 17.6. The van der Waals surface area contributed by atoms with E-state index in [1.165, 1.54) is 30.4 Å². The summed E-state index contributed by atoms with van der Waals surface area (Å²) in [5.41, 5.74) is 2.57. The normalized spacial score (nSPS) is 22.0. The first-order valence-corrected chi connectivity index (χ1v) is 9.69. The molecule has 1 aliphatic rings. The molecule has 3 heteroatoms. The molecule has 3 unspecified atom stereocenters. The fourth-order valence-corrected chi connectivity index (χ4v) is 4.26. The smallest absolute Gasteiger partial charge is 0.0676 e. The second-order valence-corrected chi connectivity index (χ2v) is 7.59. The fourth-order valence-electron chi connectivity index (χ4n) is 4.26. The molecule has 0 radical (unpaired) electrons. The molecule has 0 amide bonds. The van der Waals surface area contributed by atoms with Crippen LogP contribution in [0.4, 0.5) is 0 Å². The van der Waals surface area contributed by atoms with Crippen LogP contribution in [0.5, 0.6) is 0 Å². The van der Waals surface area contributed by atoms with Crippen molar-refractivity contribution in [2.75, 3.05) is 6.54 Å². The Labute approximate surface area is 164 Å². The van der Waals surface area contributed by atoms with Gasteiger partial charge in [0, 0.05) is 24.5 Å². The Bertz CT molecular complexity index is 584. The molecule has 3 rings (SSSR count). The van der Waals surface area contributed by atoms with Gasteiger partial charge in [0.1, 0.15) is 0 Å². The van der Waals surface area contributed by atoms with E-state index >= 15 is 0 Å². The number of hydrogen-bond acceptors (Lipinski definition) is 2. The number of halogens is 1. The van der Waals surface area contributed by atoms with Gasteiger partial charge in [-0.15, -0.1) is 12.4 Å². The third kappa shape index (κ3) is 5.33. The van der Waals surface area contributed by atoms with Crippen molar-refractivity contribution in [1.82, 2.24) is 4.90 Å². The van der Waals surface area contributed by atoms with Crippen LogP contribution in [-0.4, -0.2) is 34.7 Å². The quantitative estimate of drug-likeness (QED) is 0.747. The Morgan fingerprint density at radius 1 is 0.885 bits per heavy atom. The predicted octanol–water partition coefficient (Wildman–Crippen LogP) is 5.25. The van der Waals surface area contributed by atoms with Crippen LogP contribution >= 0.6 is 12.4 Å². The molecule has 0 aliphatic carbocycles. The predicted molar refractivity (Wildman–Crippen MR) is 112 cm³/mol. The number of likely N-dealkylation sites (tertiary alicyclic amines) is 1. The molecule has 26 heavy (non-hydrogen) atoms. The third-order valence-corrected chi connectivity index (χ3v) is 5.71. The molecule has 3 atom stereocenters. The summed E-state index contributed by atoms with van der Waals surface area (Å²) in [7, 11) is 0. The molecule has 2 aromatic carbocycles. The molecule has 0 saturated carbocycles. The van der Waals surface area contributed by atoms with Crippen molar-refractivity contribution in [3.05, 3.63) is 71.8 Å². The van der Waals surface area contributed by atoms with Crippen LogP contribution < -0.4 is 0 Å². The van der Waals surface area contributed by atoms with Crippen molar-refractivity contribution in [2.24, 2.45) is 0 Å². The molecule has 2 aromatic rings. The van der Waals surface area contributed by atoms with Crippen molar-refractivity contribution < 1.29 is 5.11 Å². The third-order valence-electron chi connectivity index (χ3n) is 5.71. The number of benzene rings is 2. The average molecular weight is 374 g/mol. The molecule has 1 heterocycles. The summed E-state index contributed by atoms with van der Waals surface area (Å²) in [6.07, 6.45) is 4.26. The Kier molecular flexibility index (Phi) is 8.15. The molecule has 2 nitrogen and oxygen atoms in total. The SMILES string of the molecule is CC1CCCC(C)N1CC(O)CC(c1ccccc1)c1ccccc1.Cl. The molecule has 0 bridgehead atoms. The van der Waals surface area contributed by atoms with Gasteiger partial charge in [-0.2, -0.15) is 0 Å². The van der Waals surface area contributed by atoms with Crippen LogP contribution in [-0.2, 0) is 0 Å². The molecule has 142 valence electrons. The fraction of sp³-hybridized carbons (Fsp3) is 0.478. The first-order valence-electron chi connectivity index (χ1n) is 9.69. The Morgan fingerprint density at radius 3 is 1.81 bits per heavy atom. The van der Waals surface area contributed by atoms with Gasteiger partial charge >= 0.3 is 0 Å². The summed E-state index contributed by atoms with van der Waals surface area (Å²) >= 11 is 0. The van der Waals surface area contributed by atoms with Gasteiger partial charge in [-0.1, -0.05) is 67.1 Å². The molecule has 1 saturated heterocycles. The van der Waals surface area contributed by atoms with Gasteiger partial charge in [0.05, 0.1) is 6.10 Å². The van der Waals surface area contributed by atoms with E-state index in [0.717, 1.165) is 13.0 Å². The summed E-state index contributed by atoms with van der Waals surface area (Å²) in [5, 5.41) is 10.9. The first-order chi connectivity index (χ1) is 12.1. The minimum Gasteiger partial charge on any atom is -0.392 e. The topological polar surface area (TPSA) is 23.5 Å². The van der Waals surface area contributed by atoms with Gasteiger partial charge in [0.2, 0.25) is 0 Å². The van der Waals surface area contributed by atoms with Crippen LogP contribution in [0.25, 0.3) is 0 Å². The van der Waals surface area contributed by atoms with Gasteiger partial charge in [0.15, 0.2) is 0 Å². The highest BCUT2D eigenvalue weighted by molar-refractivity contribution is 5.85. The molecule has 1 fully saturated rings. The van der Waals surface area contributed by atoms with Crippen molar-refractivity contribution in [1.29, 1.82) is 0 Å². The monoisotopic (exact) mass is 373 g/mol. The van der Waals surface area contributed by atoms with Crippen LogP contribution in [0, 0.1) is 0 Å². The highest BCUT2D eigenvalue weighted by Gasteiger charge is 2.28. The zero-order valence-electron chi connectivity index (χ0n) is 15.9. The van der Waals surface area contributed by atoms with E-state index in [-0.39, 0.29) is 24.4 Å². The number of aliphatic hydroxyl groups excluding tert-OH is 1. The van der Waals surface area contributed by atoms with E-state index in [9.17, 15) is 5.11 Å². The summed E-state index contributed by atoms with van der Waals surface area (Å²) in [5.74, 6) is 0.243. The van der Waals surface area contributed by atoms with Gasteiger partial charge in [-0.25, -0.2) is 0 Å². The number of β-amino-alcohol motifs (C(OH)–C–C–N with tert-alkyl or cyclic N) is 1. The average Bonchev–Trinajstić information content (AvgIpc) is 2.64. The van der Waals surface area contributed by atoms with Crippen molar-refractivity contribution >= 4 is 12.4 Å². The Hall–Kier alpha value is -1.35. The van der Waals surface area contributed by atoms with Gasteiger partial charge in [0.25, 0.3) is 0 Å². The van der Waals surface area contributed by atoms with Gasteiger partial charge < -0.3 is 5.11 Å². The minimum atomic E-state index is -0.312. The summed E-state index contributed by atoms with van der Waals surface area (Å²) in [6, 6.07) is 22.3. The van der Waals surface area contributed by atoms with Crippen molar-refractivity contribution in [2.45, 2.75) is 63.6 Å². The lowest BCUT2D eigenvalue weighted by Gasteiger charge is -2.40. The summed E-state index contributed by atoms with van der Waals surface area (Å²) in [4.78, 5) is 2.50. The van der Waals surface area contributed by atoms with Crippen LogP contribution in [0.15, 0.2) is 60.7 Å². The maximum absolute atomic E-state index is 10.9. The lowest BCUT2D eigenvalue weighted by Crippen LogP contribution is -2.47. The van der Waals surface area contributed by atoms with E-state index < -0.39 is 0 Å². The summed E-state index contributed by atoms with van der Waals surface area (Å²) < 4.78 is 0. The Morgan fingerprint density at radius 2 is 1.35 bits per heavy atom. The molecule has 0 spiro atoms. The van der Waals surface area contributed by atoms with Crippen LogP contribution in [0.2, 0.25) is 0 Å². The molecule has 1 N–H and O–H groups in total. The number of hydrogen-bond donors (Lipinski definition) is 1. The second kappa shape index (κ2) is 10.1. The van der Waals surface area contributed by atoms with Gasteiger partial charge in [-0.05, 0) is 44.2 Å². The minimum absolute atomic E-state index is 0. The van der Waals surface area contributed by atoms with E-state index in [1.54, 1.807) is 0 Å². The highest BCUT2D eigenvalue weighted by atomic mass is 35.5. The largest absolute Gasteiger partial charge is 0.392 e. The van der Waals surface area contributed by atoms with E-state index in [1.807, 2.05) is 0 Å². The van der Waals surface area contributed by atoms with Crippen LogP contribution in [0.1, 0.15) is 56.6 Å². The number of nitrogens with zero attached hydrogens (tertiary/aromatic N) is 1. The lowest BCUT2D eigenvalue weighted by atomic mass is 9.86. The molecule has 1 aliphatic heterocycles. The maximum atomic E-state index is 10.9. The maximum Gasteiger partial charge on any atom is 0.0676 e. The van der Waals surface area contributed by atoms with Crippen LogP contribution in [0.3, 0.4) is 0 Å². The standard InChI is InChI=1S/C23H31NO.ClH/c1-18-10-9-11-19(2)24(18)17-22(25)16-23(20-12-5-3-6-13-20)21-14-7-4-8-15-21;/h3-8,12-15,18-19,22-23,25H,9-11,16-17H2,1-2H3;1H. The molecule has 0 aromatic heterocycles. The lowest BCUT2D eigenvalue weighted by molar-refractivity contribution is 0.0367. The summed E-state index contributed by atoms with van der Waals surface area (Å²) in [6.45, 7) is 5.38. The number of aliphatic hydroxyl groups is 1. The highest BCUT2D eigenvalue weighted by Crippen LogP contribution is 2.30.